The first-order valence-corrected chi connectivity index (χ1v) is 11.6. The molecule has 0 aliphatic heterocycles. The second-order valence-electron chi connectivity index (χ2n) is 7.58. The first kappa shape index (κ1) is 21.8. The third kappa shape index (κ3) is 5.62. The van der Waals surface area contributed by atoms with Crippen LogP contribution in [0.4, 0.5) is 4.39 Å². The highest BCUT2D eigenvalue weighted by molar-refractivity contribution is 7.87. The zero-order valence-electron chi connectivity index (χ0n) is 17.2. The van der Waals surface area contributed by atoms with E-state index in [9.17, 15) is 17.6 Å². The van der Waals surface area contributed by atoms with Crippen LogP contribution in [0.5, 0.6) is 5.75 Å². The Morgan fingerprint density at radius 1 is 1.00 bits per heavy atom. The minimum Gasteiger partial charge on any atom is -0.379 e. The van der Waals surface area contributed by atoms with Crippen molar-refractivity contribution in [1.29, 1.82) is 0 Å². The predicted octanol–water partition coefficient (Wildman–Crippen LogP) is 4.80. The quantitative estimate of drug-likeness (QED) is 0.365. The Bertz CT molecular complexity index is 1220. The smallest absolute Gasteiger partial charge is 0.339 e. The molecule has 1 amide bonds. The minimum absolute atomic E-state index is 0.0957. The summed E-state index contributed by atoms with van der Waals surface area (Å²) in [6, 6.07) is 20.8. The summed E-state index contributed by atoms with van der Waals surface area (Å²) in [5.74, 6) is -0.492. The zero-order chi connectivity index (χ0) is 22.6. The van der Waals surface area contributed by atoms with Crippen LogP contribution in [0, 0.1) is 5.82 Å². The summed E-state index contributed by atoms with van der Waals surface area (Å²) in [7, 11) is -4.09. The monoisotopic (exact) mass is 451 g/mol. The van der Waals surface area contributed by atoms with E-state index >= 15 is 0 Å². The van der Waals surface area contributed by atoms with Crippen molar-refractivity contribution in [1.82, 2.24) is 4.90 Å². The number of hydrogen-bond acceptors (Lipinski definition) is 4. The van der Waals surface area contributed by atoms with E-state index in [-0.39, 0.29) is 22.6 Å². The lowest BCUT2D eigenvalue weighted by Crippen LogP contribution is -2.31. The SMILES string of the molecule is O=C(/C=C/c1ccccc1)N(Cc1cccc(OS(=O)(=O)c2ccc(F)cc2)c1)C1CC1. The van der Waals surface area contributed by atoms with E-state index in [0.29, 0.717) is 6.54 Å². The molecule has 164 valence electrons. The summed E-state index contributed by atoms with van der Waals surface area (Å²) in [5.41, 5.74) is 1.70. The van der Waals surface area contributed by atoms with Crippen LogP contribution in [0.15, 0.2) is 89.8 Å². The van der Waals surface area contributed by atoms with Gasteiger partial charge in [0.2, 0.25) is 5.91 Å². The van der Waals surface area contributed by atoms with Gasteiger partial charge in [-0.05, 0) is 66.4 Å². The van der Waals surface area contributed by atoms with Crippen LogP contribution >= 0.6 is 0 Å². The average molecular weight is 452 g/mol. The highest BCUT2D eigenvalue weighted by Crippen LogP contribution is 2.30. The zero-order valence-corrected chi connectivity index (χ0v) is 18.0. The van der Waals surface area contributed by atoms with Gasteiger partial charge in [-0.15, -0.1) is 0 Å². The Morgan fingerprint density at radius 3 is 2.41 bits per heavy atom. The summed E-state index contributed by atoms with van der Waals surface area (Å²) in [4.78, 5) is 14.5. The Morgan fingerprint density at radius 2 is 1.72 bits per heavy atom. The van der Waals surface area contributed by atoms with Gasteiger partial charge in [-0.1, -0.05) is 42.5 Å². The number of benzene rings is 3. The van der Waals surface area contributed by atoms with Gasteiger partial charge in [0.05, 0.1) is 0 Å². The third-order valence-corrected chi connectivity index (χ3v) is 6.31. The molecular formula is C25H22FNO4S. The van der Waals surface area contributed by atoms with Crippen LogP contribution in [-0.4, -0.2) is 25.3 Å². The van der Waals surface area contributed by atoms with Crippen LogP contribution in [0.3, 0.4) is 0 Å². The molecule has 0 spiro atoms. The Hall–Kier alpha value is -3.45. The van der Waals surface area contributed by atoms with E-state index in [1.807, 2.05) is 36.4 Å². The molecule has 3 aromatic rings. The van der Waals surface area contributed by atoms with E-state index in [0.717, 1.165) is 48.2 Å². The van der Waals surface area contributed by atoms with Gasteiger partial charge in [-0.2, -0.15) is 8.42 Å². The van der Waals surface area contributed by atoms with Crippen LogP contribution < -0.4 is 4.18 Å². The molecule has 1 fully saturated rings. The Balaban J connectivity index is 1.47. The van der Waals surface area contributed by atoms with Crippen molar-refractivity contribution in [2.75, 3.05) is 0 Å². The van der Waals surface area contributed by atoms with E-state index in [1.165, 1.54) is 6.07 Å². The molecular weight excluding hydrogens is 429 g/mol. The van der Waals surface area contributed by atoms with Gasteiger partial charge in [0, 0.05) is 18.7 Å². The highest BCUT2D eigenvalue weighted by Gasteiger charge is 2.31. The van der Waals surface area contributed by atoms with Crippen molar-refractivity contribution in [3.05, 3.63) is 102 Å². The lowest BCUT2D eigenvalue weighted by atomic mass is 10.2. The molecule has 32 heavy (non-hydrogen) atoms. The number of rotatable bonds is 8. The maximum Gasteiger partial charge on any atom is 0.339 e. The first-order valence-electron chi connectivity index (χ1n) is 10.2. The van der Waals surface area contributed by atoms with Gasteiger partial charge < -0.3 is 9.08 Å². The second-order valence-corrected chi connectivity index (χ2v) is 9.13. The lowest BCUT2D eigenvalue weighted by molar-refractivity contribution is -0.127. The van der Waals surface area contributed by atoms with Crippen molar-refractivity contribution in [2.24, 2.45) is 0 Å². The van der Waals surface area contributed by atoms with Gasteiger partial charge in [0.25, 0.3) is 0 Å². The molecule has 1 aliphatic rings. The number of hydrogen-bond donors (Lipinski definition) is 0. The predicted molar refractivity (Wildman–Crippen MR) is 120 cm³/mol. The minimum atomic E-state index is -4.09. The number of carbonyl (C=O) groups is 1. The standard InChI is InChI=1S/C25H22FNO4S/c26-21-10-14-24(15-11-21)32(29,30)31-23-8-4-7-20(17-23)18-27(22-12-13-22)25(28)16-9-19-5-2-1-3-6-19/h1-11,14-17,22H,12-13,18H2/b16-9+. The average Bonchev–Trinajstić information content (AvgIpc) is 3.62. The van der Waals surface area contributed by atoms with E-state index < -0.39 is 15.9 Å². The molecule has 5 nitrogen and oxygen atoms in total. The van der Waals surface area contributed by atoms with Crippen LogP contribution in [0.1, 0.15) is 24.0 Å². The van der Waals surface area contributed by atoms with Gasteiger partial charge in [0.15, 0.2) is 0 Å². The highest BCUT2D eigenvalue weighted by atomic mass is 32.2. The van der Waals surface area contributed by atoms with Gasteiger partial charge in [-0.3, -0.25) is 4.79 Å². The number of nitrogens with zero attached hydrogens (tertiary/aromatic N) is 1. The van der Waals surface area contributed by atoms with E-state index in [1.54, 1.807) is 29.2 Å². The van der Waals surface area contributed by atoms with Crippen LogP contribution in [0.2, 0.25) is 0 Å². The molecule has 7 heteroatoms. The van der Waals surface area contributed by atoms with Crippen LogP contribution in [-0.2, 0) is 21.5 Å². The molecule has 3 aromatic carbocycles. The normalized spacial score (nSPS) is 13.8. The molecule has 4 rings (SSSR count). The fourth-order valence-electron chi connectivity index (χ4n) is 3.27. The molecule has 0 aromatic heterocycles. The molecule has 0 N–H and O–H groups in total. The van der Waals surface area contributed by atoms with Crippen molar-refractivity contribution in [3.63, 3.8) is 0 Å². The summed E-state index contributed by atoms with van der Waals surface area (Å²) in [6.45, 7) is 0.344. The van der Waals surface area contributed by atoms with Gasteiger partial charge in [0.1, 0.15) is 16.5 Å². The Kier molecular flexibility index (Phi) is 6.37. The van der Waals surface area contributed by atoms with Crippen molar-refractivity contribution in [3.8, 4) is 5.75 Å². The lowest BCUT2D eigenvalue weighted by Gasteiger charge is -2.21. The molecule has 0 radical (unpaired) electrons. The number of amides is 1. The van der Waals surface area contributed by atoms with Gasteiger partial charge in [-0.25, -0.2) is 4.39 Å². The molecule has 0 saturated heterocycles. The number of carbonyl (C=O) groups excluding carboxylic acids is 1. The molecule has 0 heterocycles. The molecule has 1 aliphatic carbocycles. The third-order valence-electron chi connectivity index (χ3n) is 5.05. The largest absolute Gasteiger partial charge is 0.379 e. The summed E-state index contributed by atoms with van der Waals surface area (Å²) in [5, 5.41) is 0. The van der Waals surface area contributed by atoms with Crippen molar-refractivity contribution >= 4 is 22.1 Å². The summed E-state index contributed by atoms with van der Waals surface area (Å²) < 4.78 is 43.3. The topological polar surface area (TPSA) is 63.7 Å². The van der Waals surface area contributed by atoms with Crippen molar-refractivity contribution < 1.29 is 21.8 Å². The maximum atomic E-state index is 13.1. The van der Waals surface area contributed by atoms with Crippen LogP contribution in [0.25, 0.3) is 6.08 Å². The van der Waals surface area contributed by atoms with E-state index in [2.05, 4.69) is 0 Å². The second kappa shape index (κ2) is 9.36. The van der Waals surface area contributed by atoms with E-state index in [4.69, 9.17) is 4.18 Å². The molecule has 0 atom stereocenters. The van der Waals surface area contributed by atoms with Crippen molar-refractivity contribution in [2.45, 2.75) is 30.3 Å². The summed E-state index contributed by atoms with van der Waals surface area (Å²) >= 11 is 0. The molecule has 0 bridgehead atoms. The Labute approximate surface area is 186 Å². The molecule has 0 unspecified atom stereocenters. The maximum absolute atomic E-state index is 13.1. The fraction of sp³-hybridized carbons (Fsp3) is 0.160. The fourth-order valence-corrected chi connectivity index (χ4v) is 4.19. The molecule has 1 saturated carbocycles. The number of halogens is 1. The summed E-state index contributed by atoms with van der Waals surface area (Å²) in [6.07, 6.45) is 5.24. The van der Waals surface area contributed by atoms with Gasteiger partial charge >= 0.3 is 10.1 Å². The first-order chi connectivity index (χ1) is 15.4.